The van der Waals surface area contributed by atoms with Crippen LogP contribution in [0.4, 0.5) is 4.39 Å². The first kappa shape index (κ1) is 21.5. The number of aromatic nitrogens is 1. The Bertz CT molecular complexity index is 884. The Morgan fingerprint density at radius 3 is 2.46 bits per heavy atom. The smallest absolute Gasteiger partial charge is 0.307 e. The van der Waals surface area contributed by atoms with Crippen molar-refractivity contribution in [1.29, 1.82) is 0 Å². The van der Waals surface area contributed by atoms with E-state index in [-0.39, 0.29) is 16.5 Å². The number of carboxylic acids is 1. The molecule has 0 aliphatic rings. The molecule has 0 saturated heterocycles. The van der Waals surface area contributed by atoms with E-state index in [1.54, 1.807) is 19.9 Å². The molecule has 5 nitrogen and oxygen atoms in total. The van der Waals surface area contributed by atoms with E-state index in [9.17, 15) is 19.1 Å². The summed E-state index contributed by atoms with van der Waals surface area (Å²) in [4.78, 5) is 24.3. The van der Waals surface area contributed by atoms with Crippen LogP contribution in [0.2, 0.25) is 0 Å². The number of fused-ring (bicyclic) bond motifs is 1. The lowest BCUT2D eigenvalue weighted by Gasteiger charge is -2.09. The van der Waals surface area contributed by atoms with Crippen molar-refractivity contribution in [3.63, 3.8) is 0 Å². The SMILES string of the molecule is C=CS/C(=C\C)C(=O)n1c(C)c(CC(=O)O)c2c(F)c(O)ccc21.CC. The van der Waals surface area contributed by atoms with Gasteiger partial charge in [0.25, 0.3) is 5.91 Å². The first-order chi connectivity index (χ1) is 12.3. The second kappa shape index (κ2) is 9.24. The molecule has 0 aliphatic heterocycles. The summed E-state index contributed by atoms with van der Waals surface area (Å²) in [6.45, 7) is 10.8. The lowest BCUT2D eigenvalue weighted by atomic mass is 10.1. The second-order valence-electron chi connectivity index (χ2n) is 5.01. The molecule has 0 spiro atoms. The Morgan fingerprint density at radius 1 is 1.35 bits per heavy atom. The Hall–Kier alpha value is -2.54. The number of allylic oxidation sites excluding steroid dienone is 2. The van der Waals surface area contributed by atoms with Gasteiger partial charge in [0.05, 0.1) is 16.8 Å². The summed E-state index contributed by atoms with van der Waals surface area (Å²) in [6, 6.07) is 2.54. The molecule has 2 aromatic rings. The summed E-state index contributed by atoms with van der Waals surface area (Å²) >= 11 is 1.12. The van der Waals surface area contributed by atoms with Gasteiger partial charge < -0.3 is 10.2 Å². The van der Waals surface area contributed by atoms with Gasteiger partial charge in [-0.3, -0.25) is 14.2 Å². The van der Waals surface area contributed by atoms with Crippen molar-refractivity contribution in [3.8, 4) is 5.75 Å². The molecule has 0 fully saturated rings. The van der Waals surface area contributed by atoms with Crippen LogP contribution in [0.5, 0.6) is 5.75 Å². The van der Waals surface area contributed by atoms with Gasteiger partial charge in [-0.25, -0.2) is 4.39 Å². The molecule has 140 valence electrons. The highest BCUT2D eigenvalue weighted by molar-refractivity contribution is 8.06. The molecule has 2 N–H and O–H groups in total. The highest BCUT2D eigenvalue weighted by atomic mass is 32.2. The predicted octanol–water partition coefficient (Wildman–Crippen LogP) is 4.87. The zero-order valence-corrected chi connectivity index (χ0v) is 16.0. The van der Waals surface area contributed by atoms with Crippen LogP contribution in [0, 0.1) is 12.7 Å². The topological polar surface area (TPSA) is 79.5 Å². The molecule has 1 aromatic carbocycles. The van der Waals surface area contributed by atoms with Crippen LogP contribution in [0.25, 0.3) is 10.9 Å². The van der Waals surface area contributed by atoms with E-state index in [4.69, 9.17) is 5.11 Å². The lowest BCUT2D eigenvalue weighted by Crippen LogP contribution is -2.13. The number of hydrogen-bond acceptors (Lipinski definition) is 4. The van der Waals surface area contributed by atoms with Crippen molar-refractivity contribution in [3.05, 3.63) is 52.2 Å². The van der Waals surface area contributed by atoms with Crippen molar-refractivity contribution >= 4 is 34.5 Å². The van der Waals surface area contributed by atoms with Gasteiger partial charge in [0, 0.05) is 11.1 Å². The van der Waals surface area contributed by atoms with E-state index in [0.29, 0.717) is 10.6 Å². The number of aromatic hydroxyl groups is 1. The van der Waals surface area contributed by atoms with Gasteiger partial charge in [-0.05, 0) is 37.0 Å². The van der Waals surface area contributed by atoms with Gasteiger partial charge >= 0.3 is 5.97 Å². The number of phenols is 1. The van der Waals surface area contributed by atoms with Crippen LogP contribution >= 0.6 is 11.8 Å². The minimum absolute atomic E-state index is 0.0534. The first-order valence-corrected chi connectivity index (χ1v) is 8.93. The molecule has 0 saturated carbocycles. The van der Waals surface area contributed by atoms with E-state index in [1.807, 2.05) is 13.8 Å². The number of halogens is 1. The molecular formula is C19H22FNO4S. The van der Waals surface area contributed by atoms with Crippen molar-refractivity contribution < 1.29 is 24.2 Å². The van der Waals surface area contributed by atoms with Crippen molar-refractivity contribution in [2.75, 3.05) is 0 Å². The molecule has 0 aliphatic carbocycles. The number of hydrogen-bond donors (Lipinski definition) is 2. The predicted molar refractivity (Wildman–Crippen MR) is 103 cm³/mol. The number of nitrogens with zero attached hydrogens (tertiary/aromatic N) is 1. The molecule has 1 heterocycles. The molecule has 0 unspecified atom stereocenters. The number of thioether (sulfide) groups is 1. The molecule has 2 rings (SSSR count). The first-order valence-electron chi connectivity index (χ1n) is 8.05. The molecule has 7 heteroatoms. The van der Waals surface area contributed by atoms with Crippen LogP contribution in [-0.2, 0) is 11.2 Å². The zero-order chi connectivity index (χ0) is 20.0. The monoisotopic (exact) mass is 379 g/mol. The third kappa shape index (κ3) is 3.99. The van der Waals surface area contributed by atoms with Gasteiger partial charge in [0.2, 0.25) is 0 Å². The molecular weight excluding hydrogens is 357 g/mol. The number of carbonyl (C=O) groups is 2. The third-order valence-corrected chi connectivity index (χ3v) is 4.46. The van der Waals surface area contributed by atoms with Crippen molar-refractivity contribution in [1.82, 2.24) is 4.57 Å². The van der Waals surface area contributed by atoms with E-state index < -0.39 is 29.9 Å². The number of benzene rings is 1. The lowest BCUT2D eigenvalue weighted by molar-refractivity contribution is -0.136. The largest absolute Gasteiger partial charge is 0.505 e. The number of phenolic OH excluding ortho intramolecular Hbond substituents is 1. The van der Waals surface area contributed by atoms with Crippen LogP contribution in [0.1, 0.15) is 36.8 Å². The fourth-order valence-corrected chi connectivity index (χ4v) is 3.10. The van der Waals surface area contributed by atoms with E-state index in [2.05, 4.69) is 6.58 Å². The molecule has 1 aromatic heterocycles. The van der Waals surface area contributed by atoms with Gasteiger partial charge in [0.1, 0.15) is 0 Å². The molecule has 0 amide bonds. The summed E-state index contributed by atoms with van der Waals surface area (Å²) in [5, 5.41) is 20.1. The highest BCUT2D eigenvalue weighted by Crippen LogP contribution is 2.34. The Kier molecular flexibility index (Phi) is 7.64. The Morgan fingerprint density at radius 2 is 1.96 bits per heavy atom. The maximum Gasteiger partial charge on any atom is 0.307 e. The fraction of sp³-hybridized carbons (Fsp3) is 0.263. The maximum absolute atomic E-state index is 14.4. The van der Waals surface area contributed by atoms with Crippen LogP contribution in [-0.4, -0.2) is 26.7 Å². The number of carboxylic acid groups (broad SMARTS) is 1. The van der Waals surface area contributed by atoms with Gasteiger partial charge in [-0.2, -0.15) is 0 Å². The third-order valence-electron chi connectivity index (χ3n) is 3.63. The highest BCUT2D eigenvalue weighted by Gasteiger charge is 2.25. The van der Waals surface area contributed by atoms with Gasteiger partial charge in [0.15, 0.2) is 11.6 Å². The second-order valence-corrected chi connectivity index (χ2v) is 6.01. The van der Waals surface area contributed by atoms with Crippen LogP contribution in [0.15, 0.2) is 35.1 Å². The zero-order valence-electron chi connectivity index (χ0n) is 15.2. The van der Waals surface area contributed by atoms with E-state index in [0.717, 1.165) is 17.8 Å². The normalized spacial score (nSPS) is 11.0. The van der Waals surface area contributed by atoms with Crippen molar-refractivity contribution in [2.24, 2.45) is 0 Å². The Labute approximate surface area is 155 Å². The fourth-order valence-electron chi connectivity index (χ4n) is 2.60. The summed E-state index contributed by atoms with van der Waals surface area (Å²) in [5.74, 6) is -3.09. The standard InChI is InChI=1S/C17H16FNO4S.C2H6/c1-4-13(24-5-2)17(23)19-9(3)10(8-14(21)22)15-11(19)6-7-12(20)16(15)18;1-2/h4-7,20H,2,8H2,1,3H3,(H,21,22);1-2H3/b13-4-;. The van der Waals surface area contributed by atoms with Crippen LogP contribution < -0.4 is 0 Å². The van der Waals surface area contributed by atoms with E-state index >= 15 is 0 Å². The minimum atomic E-state index is -1.15. The minimum Gasteiger partial charge on any atom is -0.505 e. The summed E-state index contributed by atoms with van der Waals surface area (Å²) in [7, 11) is 0. The summed E-state index contributed by atoms with van der Waals surface area (Å²) in [6.07, 6.45) is 1.15. The summed E-state index contributed by atoms with van der Waals surface area (Å²) < 4.78 is 15.7. The Balaban J connectivity index is 0.00000163. The molecule has 0 bridgehead atoms. The maximum atomic E-state index is 14.4. The van der Waals surface area contributed by atoms with Gasteiger partial charge in [-0.1, -0.05) is 38.3 Å². The number of aliphatic carboxylic acids is 1. The number of carbonyl (C=O) groups excluding carboxylic acids is 1. The average molecular weight is 379 g/mol. The summed E-state index contributed by atoms with van der Waals surface area (Å²) in [5.41, 5.74) is 0.706. The average Bonchev–Trinajstić information content (AvgIpc) is 2.89. The molecule has 26 heavy (non-hydrogen) atoms. The number of rotatable bonds is 5. The molecule has 0 radical (unpaired) electrons. The van der Waals surface area contributed by atoms with Crippen LogP contribution in [0.3, 0.4) is 0 Å². The van der Waals surface area contributed by atoms with Crippen molar-refractivity contribution in [2.45, 2.75) is 34.1 Å². The molecule has 0 atom stereocenters. The van der Waals surface area contributed by atoms with E-state index in [1.165, 1.54) is 16.0 Å². The quantitative estimate of drug-likeness (QED) is 0.725. The van der Waals surface area contributed by atoms with Gasteiger partial charge in [-0.15, -0.1) is 0 Å².